The molecule has 0 spiro atoms. The highest BCUT2D eigenvalue weighted by atomic mass is 16.6. The average Bonchev–Trinajstić information content (AvgIpc) is 3.29. The number of hydrogen-bond acceptors (Lipinski definition) is 11. The number of nitrogens with one attached hydrogen (secondary N) is 2. The van der Waals surface area contributed by atoms with Crippen LogP contribution < -0.4 is 16.9 Å². The highest BCUT2D eigenvalue weighted by Gasteiger charge is 2.47. The molecule has 0 aliphatic carbocycles. The number of ether oxygens (including phenoxy) is 2. The average molecular weight is 432 g/mol. The van der Waals surface area contributed by atoms with Gasteiger partial charge in [-0.3, -0.25) is 19.3 Å². The fraction of sp³-hybridized carbons (Fsp3) is 0.667. The van der Waals surface area contributed by atoms with E-state index >= 15 is 0 Å². The van der Waals surface area contributed by atoms with Gasteiger partial charge >= 0.3 is 11.4 Å². The molecule has 2 aliphatic heterocycles. The van der Waals surface area contributed by atoms with Crippen LogP contribution in [0, 0.1) is 0 Å². The summed E-state index contributed by atoms with van der Waals surface area (Å²) in [6, 6.07) is 0. The zero-order valence-corrected chi connectivity index (χ0v) is 15.2. The molecule has 4 rings (SSSR count). The van der Waals surface area contributed by atoms with E-state index in [1.165, 1.54) is 0 Å². The van der Waals surface area contributed by atoms with Gasteiger partial charge in [-0.05, 0) is 0 Å². The molecule has 0 amide bonds. The summed E-state index contributed by atoms with van der Waals surface area (Å²) in [6.07, 6.45) is -12.1. The number of rotatable bonds is 4. The van der Waals surface area contributed by atoms with E-state index in [0.717, 1.165) is 0 Å². The zero-order chi connectivity index (χ0) is 21.9. The summed E-state index contributed by atoms with van der Waals surface area (Å²) in [5, 5.41) is 58.8. The van der Waals surface area contributed by atoms with Crippen molar-refractivity contribution in [2.45, 2.75) is 49.1 Å². The van der Waals surface area contributed by atoms with Crippen LogP contribution in [0.2, 0.25) is 0 Å². The van der Waals surface area contributed by atoms with E-state index in [2.05, 4.69) is 4.98 Å². The first-order valence-corrected chi connectivity index (χ1v) is 8.95. The quantitative estimate of drug-likeness (QED) is 0.227. The lowest BCUT2D eigenvalue weighted by atomic mass is 10.1. The van der Waals surface area contributed by atoms with Crippen LogP contribution >= 0.6 is 0 Å². The summed E-state index contributed by atoms with van der Waals surface area (Å²) in [7, 11) is 0. The largest absolute Gasteiger partial charge is 0.394 e. The molecule has 2 aromatic heterocycles. The first-order chi connectivity index (χ1) is 14.2. The van der Waals surface area contributed by atoms with Gasteiger partial charge in [0.2, 0.25) is 0 Å². The van der Waals surface area contributed by atoms with Gasteiger partial charge in [0.15, 0.2) is 23.6 Å². The van der Waals surface area contributed by atoms with Crippen molar-refractivity contribution in [3.63, 3.8) is 0 Å². The number of H-pyrrole nitrogens is 2. The minimum atomic E-state index is -1.69. The monoisotopic (exact) mass is 432 g/mol. The maximum absolute atomic E-state index is 12.6. The first-order valence-electron chi connectivity index (χ1n) is 8.95. The fourth-order valence-electron chi connectivity index (χ4n) is 3.82. The van der Waals surface area contributed by atoms with Crippen LogP contribution in [0.25, 0.3) is 11.2 Å². The standard InChI is InChI=1S/C15H20N4O11/c20-1-3-6(22)8(24)12(29-3)18-5-10(16-14(18)27)19(15(28)17-11(5)26)13-9(25)7(23)4(2-21)30-13/h3-4,6-9,12-13,20-25H,1-2H2,(H,16,27)(H,17,26,28). The van der Waals surface area contributed by atoms with Gasteiger partial charge in [0.25, 0.3) is 5.56 Å². The number of aliphatic hydroxyl groups excluding tert-OH is 6. The van der Waals surface area contributed by atoms with Crippen LogP contribution in [-0.2, 0) is 9.47 Å². The second-order valence-corrected chi connectivity index (χ2v) is 7.08. The third-order valence-corrected chi connectivity index (χ3v) is 5.35. The van der Waals surface area contributed by atoms with E-state index < -0.39 is 90.4 Å². The van der Waals surface area contributed by atoms with Crippen LogP contribution in [0.3, 0.4) is 0 Å². The van der Waals surface area contributed by atoms with E-state index in [0.29, 0.717) is 9.13 Å². The van der Waals surface area contributed by atoms with Crippen molar-refractivity contribution in [2.24, 2.45) is 0 Å². The molecule has 0 saturated carbocycles. The smallest absolute Gasteiger partial charge is 0.332 e. The van der Waals surface area contributed by atoms with Gasteiger partial charge in [0.1, 0.15) is 36.6 Å². The van der Waals surface area contributed by atoms with E-state index in [-0.39, 0.29) is 0 Å². The summed E-state index contributed by atoms with van der Waals surface area (Å²) in [5.41, 5.74) is -4.03. The van der Waals surface area contributed by atoms with Gasteiger partial charge in [-0.2, -0.15) is 0 Å². The molecule has 2 aliphatic rings. The Morgan fingerprint density at radius 3 is 1.67 bits per heavy atom. The van der Waals surface area contributed by atoms with Crippen molar-refractivity contribution >= 4 is 11.2 Å². The van der Waals surface area contributed by atoms with E-state index in [1.54, 1.807) is 0 Å². The number of aliphatic hydroxyl groups is 6. The fourth-order valence-corrected chi connectivity index (χ4v) is 3.82. The number of aromatic amines is 2. The number of imidazole rings is 1. The van der Waals surface area contributed by atoms with E-state index in [4.69, 9.17) is 9.47 Å². The van der Waals surface area contributed by atoms with E-state index in [1.807, 2.05) is 4.98 Å². The molecule has 0 radical (unpaired) electrons. The van der Waals surface area contributed by atoms with Crippen molar-refractivity contribution in [1.82, 2.24) is 19.1 Å². The number of fused-ring (bicyclic) bond motifs is 1. The Morgan fingerprint density at radius 2 is 1.20 bits per heavy atom. The minimum Gasteiger partial charge on any atom is -0.394 e. The number of hydrogen-bond donors (Lipinski definition) is 8. The van der Waals surface area contributed by atoms with Crippen molar-refractivity contribution in [3.8, 4) is 0 Å². The molecule has 4 heterocycles. The van der Waals surface area contributed by atoms with Crippen molar-refractivity contribution in [1.29, 1.82) is 0 Å². The lowest BCUT2D eigenvalue weighted by Gasteiger charge is -2.19. The Hall–Kier alpha value is -2.37. The zero-order valence-electron chi connectivity index (χ0n) is 15.2. The lowest BCUT2D eigenvalue weighted by molar-refractivity contribution is -0.0537. The summed E-state index contributed by atoms with van der Waals surface area (Å²) in [6.45, 7) is -1.34. The molecule has 15 nitrogen and oxygen atoms in total. The Bertz CT molecular complexity index is 1120. The summed E-state index contributed by atoms with van der Waals surface area (Å²) in [4.78, 5) is 41.7. The van der Waals surface area contributed by atoms with Gasteiger partial charge < -0.3 is 40.1 Å². The van der Waals surface area contributed by atoms with Gasteiger partial charge in [0.05, 0.1) is 13.2 Å². The van der Waals surface area contributed by atoms with Crippen LogP contribution in [0.1, 0.15) is 12.5 Å². The number of aromatic nitrogens is 4. The highest BCUT2D eigenvalue weighted by Crippen LogP contribution is 2.32. The second kappa shape index (κ2) is 7.40. The second-order valence-electron chi connectivity index (χ2n) is 7.08. The van der Waals surface area contributed by atoms with Gasteiger partial charge in [-0.15, -0.1) is 0 Å². The SMILES string of the molecule is O=c1[nH]c(=O)n(C2OC(CO)C(O)C2O)c2[nH]c(=O)n(C3OC(CO)C(O)C3O)c12. The Morgan fingerprint density at radius 1 is 0.733 bits per heavy atom. The van der Waals surface area contributed by atoms with Crippen molar-refractivity contribution in [3.05, 3.63) is 31.3 Å². The Kier molecular flexibility index (Phi) is 5.15. The predicted octanol–water partition coefficient (Wildman–Crippen LogP) is -5.60. The molecule has 2 aromatic rings. The first kappa shape index (κ1) is 20.9. The van der Waals surface area contributed by atoms with Crippen LogP contribution in [0.4, 0.5) is 0 Å². The highest BCUT2D eigenvalue weighted by molar-refractivity contribution is 5.70. The molecular formula is C15H20N4O11. The van der Waals surface area contributed by atoms with Gasteiger partial charge in [-0.1, -0.05) is 0 Å². The van der Waals surface area contributed by atoms with Crippen LogP contribution in [0.15, 0.2) is 14.4 Å². The minimum absolute atomic E-state index is 0.415. The van der Waals surface area contributed by atoms with Gasteiger partial charge in [-0.25, -0.2) is 14.2 Å². The summed E-state index contributed by atoms with van der Waals surface area (Å²) in [5.74, 6) is 0. The lowest BCUT2D eigenvalue weighted by Crippen LogP contribution is -2.39. The molecule has 166 valence electrons. The Balaban J connectivity index is 1.91. The normalized spacial score (nSPS) is 36.7. The molecule has 2 saturated heterocycles. The molecule has 8 atom stereocenters. The molecular weight excluding hydrogens is 412 g/mol. The third kappa shape index (κ3) is 2.87. The predicted molar refractivity (Wildman–Crippen MR) is 93.5 cm³/mol. The number of nitrogens with zero attached hydrogens (tertiary/aromatic N) is 2. The maximum Gasteiger partial charge on any atom is 0.332 e. The van der Waals surface area contributed by atoms with Gasteiger partial charge in [0, 0.05) is 0 Å². The molecule has 8 unspecified atom stereocenters. The molecule has 2 fully saturated rings. The van der Waals surface area contributed by atoms with Crippen molar-refractivity contribution in [2.75, 3.05) is 13.2 Å². The molecule has 0 aromatic carbocycles. The van der Waals surface area contributed by atoms with Crippen LogP contribution in [-0.4, -0.2) is 99.6 Å². The molecule has 15 heteroatoms. The molecule has 30 heavy (non-hydrogen) atoms. The maximum atomic E-state index is 12.6. The summed E-state index contributed by atoms with van der Waals surface area (Å²) < 4.78 is 11.9. The third-order valence-electron chi connectivity index (χ3n) is 5.35. The topological polar surface area (TPSA) is 232 Å². The Labute approximate surface area is 165 Å². The molecule has 0 bridgehead atoms. The van der Waals surface area contributed by atoms with Crippen LogP contribution in [0.5, 0.6) is 0 Å². The summed E-state index contributed by atoms with van der Waals surface area (Å²) >= 11 is 0. The molecule has 8 N–H and O–H groups in total. The van der Waals surface area contributed by atoms with Crippen molar-refractivity contribution < 1.29 is 40.1 Å². The van der Waals surface area contributed by atoms with E-state index in [9.17, 15) is 45.0 Å².